The van der Waals surface area contributed by atoms with Gasteiger partial charge < -0.3 is 10.1 Å². The smallest absolute Gasteiger partial charge is 0.0820 e. The Bertz CT molecular complexity index is 296. The van der Waals surface area contributed by atoms with Crippen molar-refractivity contribution < 1.29 is 25.9 Å². The number of aryl methyl sites for hydroxylation is 1. The third kappa shape index (κ3) is 9.11. The van der Waals surface area contributed by atoms with Crippen molar-refractivity contribution >= 4 is 5.91 Å². The third-order valence-corrected chi connectivity index (χ3v) is 1.78. The summed E-state index contributed by atoms with van der Waals surface area (Å²) in [5, 5.41) is 3.90. The van der Waals surface area contributed by atoms with Gasteiger partial charge in [-0.05, 0) is 12.5 Å². The fourth-order valence-corrected chi connectivity index (χ4v) is 1.00. The molecule has 1 aromatic carbocycles. The maximum Gasteiger partial charge on any atom is 0.0820 e. The normalized spacial score (nSPS) is 8.47. The second-order valence-electron chi connectivity index (χ2n) is 3.76. The van der Waals surface area contributed by atoms with E-state index in [0.29, 0.717) is 12.1 Å². The third-order valence-electron chi connectivity index (χ3n) is 1.78. The fourth-order valence-electron chi connectivity index (χ4n) is 1.00. The first-order valence-electron chi connectivity index (χ1n) is 5.94. The zero-order valence-corrected chi connectivity index (χ0v) is 14.1. The number of hydrogen-bond acceptors (Lipinski definition) is 1. The van der Waals surface area contributed by atoms with Gasteiger partial charge in [0.15, 0.2) is 0 Å². The Hall–Kier alpha value is -0.622. The summed E-state index contributed by atoms with van der Waals surface area (Å²) in [5.74, 6) is -0.109. The first-order valence-corrected chi connectivity index (χ1v) is 5.94. The van der Waals surface area contributed by atoms with Crippen LogP contribution in [-0.4, -0.2) is 12.5 Å². The van der Waals surface area contributed by atoms with Gasteiger partial charge >= 0.3 is 0 Å². The van der Waals surface area contributed by atoms with Crippen LogP contribution in [0.5, 0.6) is 0 Å². The van der Waals surface area contributed by atoms with Crippen LogP contribution in [-0.2, 0) is 21.1 Å². The van der Waals surface area contributed by atoms with Crippen LogP contribution in [0.1, 0.15) is 49.5 Å². The molecule has 3 heteroatoms. The maximum atomic E-state index is 11.3. The molecular weight excluding hydrogens is 382 g/mol. The molecule has 0 aliphatic rings. The van der Waals surface area contributed by atoms with Gasteiger partial charge in [0, 0.05) is 21.1 Å². The number of rotatable bonds is 3. The van der Waals surface area contributed by atoms with Crippen LogP contribution < -0.4 is 0 Å². The average Bonchev–Trinajstić information content (AvgIpc) is 2.28. The number of benzene rings is 1. The van der Waals surface area contributed by atoms with Crippen molar-refractivity contribution in [2.24, 2.45) is 0 Å². The molecule has 1 amide bonds. The van der Waals surface area contributed by atoms with Gasteiger partial charge in [0.2, 0.25) is 0 Å². The number of carbonyl (C=O) groups is 1. The van der Waals surface area contributed by atoms with E-state index in [-0.39, 0.29) is 27.0 Å². The van der Waals surface area contributed by atoms with Crippen LogP contribution >= 0.6 is 0 Å². The van der Waals surface area contributed by atoms with Gasteiger partial charge in [0.25, 0.3) is 0 Å². The minimum absolute atomic E-state index is 0. The molecule has 1 aromatic rings. The predicted octanol–water partition coefficient (Wildman–Crippen LogP) is 4.33. The molecule has 0 bridgehead atoms. The summed E-state index contributed by atoms with van der Waals surface area (Å²) in [6.07, 6.45) is 2.16. The Morgan fingerprint density at radius 2 is 1.59 bits per heavy atom. The standard InChI is InChI=1S/C11H15NO.C3H8.W/c1-3-8-12-11(13)10-6-4-9(2)5-7-10;1-3-2;/h4-7H,3,8H2,1-2H3,(H,12,13);3H2,1-2H3;/p-1. The van der Waals surface area contributed by atoms with Gasteiger partial charge in [-0.15, -0.1) is 6.54 Å². The molecule has 0 spiro atoms. The Kier molecular flexibility index (Phi) is 13.1. The SMILES string of the molecule is CCC.CCC[N-]C(=O)c1ccc(C)cc1.[W]. The summed E-state index contributed by atoms with van der Waals surface area (Å²) < 4.78 is 0. The van der Waals surface area contributed by atoms with Crippen molar-refractivity contribution in [2.45, 2.75) is 40.5 Å². The van der Waals surface area contributed by atoms with E-state index >= 15 is 0 Å². The van der Waals surface area contributed by atoms with Gasteiger partial charge in [-0.25, -0.2) is 0 Å². The summed E-state index contributed by atoms with van der Waals surface area (Å²) >= 11 is 0. The summed E-state index contributed by atoms with van der Waals surface area (Å²) in [5.41, 5.74) is 1.84. The zero-order chi connectivity index (χ0) is 12.4. The monoisotopic (exact) mass is 404 g/mol. The van der Waals surface area contributed by atoms with E-state index in [2.05, 4.69) is 19.2 Å². The van der Waals surface area contributed by atoms with E-state index in [9.17, 15) is 4.79 Å². The van der Waals surface area contributed by atoms with Crippen molar-refractivity contribution in [3.05, 3.63) is 40.7 Å². The molecule has 96 valence electrons. The molecule has 0 unspecified atom stereocenters. The number of carbonyl (C=O) groups excluding carboxylic acids is 1. The topological polar surface area (TPSA) is 31.2 Å². The molecule has 0 N–H and O–H groups in total. The fraction of sp³-hybridized carbons (Fsp3) is 0.500. The molecule has 0 fully saturated rings. The van der Waals surface area contributed by atoms with Crippen LogP contribution in [0.25, 0.3) is 5.32 Å². The molecule has 0 aliphatic heterocycles. The quantitative estimate of drug-likeness (QED) is 0.738. The Morgan fingerprint density at radius 3 is 2.00 bits per heavy atom. The molecule has 0 radical (unpaired) electrons. The summed E-state index contributed by atoms with van der Waals surface area (Å²) in [7, 11) is 0. The first-order chi connectivity index (χ1) is 7.65. The second-order valence-corrected chi connectivity index (χ2v) is 3.76. The van der Waals surface area contributed by atoms with Crippen molar-refractivity contribution in [3.8, 4) is 0 Å². The summed E-state index contributed by atoms with van der Waals surface area (Å²) in [6, 6.07) is 7.48. The minimum Gasteiger partial charge on any atom is -0.649 e. The van der Waals surface area contributed by atoms with Crippen molar-refractivity contribution in [1.29, 1.82) is 0 Å². The van der Waals surface area contributed by atoms with Crippen molar-refractivity contribution in [2.75, 3.05) is 6.54 Å². The van der Waals surface area contributed by atoms with Gasteiger partial charge in [-0.3, -0.25) is 0 Å². The number of amides is 1. The summed E-state index contributed by atoms with van der Waals surface area (Å²) in [6.45, 7) is 8.87. The summed E-state index contributed by atoms with van der Waals surface area (Å²) in [4.78, 5) is 11.3. The van der Waals surface area contributed by atoms with E-state index in [1.54, 1.807) is 0 Å². The van der Waals surface area contributed by atoms with Crippen LogP contribution in [0.4, 0.5) is 0 Å². The molecule has 0 saturated heterocycles. The van der Waals surface area contributed by atoms with Crippen molar-refractivity contribution in [3.63, 3.8) is 0 Å². The number of nitrogens with zero attached hydrogens (tertiary/aromatic N) is 1. The zero-order valence-electron chi connectivity index (χ0n) is 11.2. The largest absolute Gasteiger partial charge is 0.649 e. The Morgan fingerprint density at radius 1 is 1.12 bits per heavy atom. The van der Waals surface area contributed by atoms with E-state index in [4.69, 9.17) is 0 Å². The molecule has 0 aromatic heterocycles. The van der Waals surface area contributed by atoms with Crippen LogP contribution in [0.15, 0.2) is 24.3 Å². The van der Waals surface area contributed by atoms with E-state index < -0.39 is 0 Å². The molecule has 0 atom stereocenters. The molecule has 1 rings (SSSR count). The van der Waals surface area contributed by atoms with Gasteiger partial charge in [0.1, 0.15) is 0 Å². The van der Waals surface area contributed by atoms with E-state index in [1.165, 1.54) is 6.42 Å². The first kappa shape index (κ1) is 18.7. The van der Waals surface area contributed by atoms with Crippen LogP contribution in [0.2, 0.25) is 0 Å². The van der Waals surface area contributed by atoms with Crippen LogP contribution in [0.3, 0.4) is 0 Å². The molecular formula is C14H22NOW-. The molecule has 0 aliphatic carbocycles. The van der Waals surface area contributed by atoms with Crippen molar-refractivity contribution in [1.82, 2.24) is 0 Å². The van der Waals surface area contributed by atoms with Crippen LogP contribution in [0, 0.1) is 6.92 Å². The van der Waals surface area contributed by atoms with E-state index in [0.717, 1.165) is 12.0 Å². The Labute approximate surface area is 119 Å². The van der Waals surface area contributed by atoms with Gasteiger partial charge in [-0.1, -0.05) is 63.4 Å². The minimum atomic E-state index is -0.109. The predicted molar refractivity (Wildman–Crippen MR) is 70.0 cm³/mol. The Balaban J connectivity index is 0. The van der Waals surface area contributed by atoms with Gasteiger partial charge in [-0.2, -0.15) is 0 Å². The number of hydrogen-bond donors (Lipinski definition) is 0. The second kappa shape index (κ2) is 11.9. The molecule has 17 heavy (non-hydrogen) atoms. The maximum absolute atomic E-state index is 11.3. The van der Waals surface area contributed by atoms with E-state index in [1.807, 2.05) is 38.1 Å². The van der Waals surface area contributed by atoms with Gasteiger partial charge in [0.05, 0.1) is 5.91 Å². The molecule has 0 heterocycles. The molecule has 2 nitrogen and oxygen atoms in total. The average molecular weight is 404 g/mol. The molecule has 0 saturated carbocycles.